The SMILES string of the molecule is Cc1nn(C)c(C)c1CC(=O)C(C)(C)C. The van der Waals surface area contributed by atoms with E-state index in [0.29, 0.717) is 6.42 Å². The first-order valence-electron chi connectivity index (χ1n) is 5.26. The van der Waals surface area contributed by atoms with Crippen molar-refractivity contribution >= 4 is 5.78 Å². The third-order valence-corrected chi connectivity index (χ3v) is 2.83. The van der Waals surface area contributed by atoms with Crippen LogP contribution >= 0.6 is 0 Å². The maximum absolute atomic E-state index is 11.9. The molecule has 3 nitrogen and oxygen atoms in total. The average molecular weight is 208 g/mol. The zero-order valence-electron chi connectivity index (χ0n) is 10.5. The lowest BCUT2D eigenvalue weighted by atomic mass is 9.87. The van der Waals surface area contributed by atoms with Gasteiger partial charge in [0.25, 0.3) is 0 Å². The fraction of sp³-hybridized carbons (Fsp3) is 0.667. The van der Waals surface area contributed by atoms with Crippen LogP contribution in [-0.2, 0) is 18.3 Å². The molecule has 0 atom stereocenters. The molecule has 0 amide bonds. The Balaban J connectivity index is 2.95. The highest BCUT2D eigenvalue weighted by atomic mass is 16.1. The average Bonchev–Trinajstić information content (AvgIpc) is 2.30. The van der Waals surface area contributed by atoms with Gasteiger partial charge >= 0.3 is 0 Å². The quantitative estimate of drug-likeness (QED) is 0.746. The molecule has 0 aliphatic carbocycles. The number of carbonyl (C=O) groups excluding carboxylic acids is 1. The van der Waals surface area contributed by atoms with Crippen molar-refractivity contribution in [3.8, 4) is 0 Å². The van der Waals surface area contributed by atoms with Crippen molar-refractivity contribution in [3.05, 3.63) is 17.0 Å². The van der Waals surface area contributed by atoms with Crippen LogP contribution in [0.1, 0.15) is 37.7 Å². The highest BCUT2D eigenvalue weighted by Crippen LogP contribution is 2.20. The lowest BCUT2D eigenvalue weighted by molar-refractivity contribution is -0.125. The van der Waals surface area contributed by atoms with Crippen LogP contribution in [0.5, 0.6) is 0 Å². The number of Topliss-reactive ketones (excluding diaryl/α,β-unsaturated/α-hetero) is 1. The van der Waals surface area contributed by atoms with E-state index < -0.39 is 0 Å². The molecule has 0 radical (unpaired) electrons. The summed E-state index contributed by atoms with van der Waals surface area (Å²) in [6.45, 7) is 9.83. The fourth-order valence-corrected chi connectivity index (χ4v) is 1.50. The second-order valence-electron chi connectivity index (χ2n) is 5.12. The lowest BCUT2D eigenvalue weighted by Crippen LogP contribution is -2.22. The van der Waals surface area contributed by atoms with Gasteiger partial charge in [-0.2, -0.15) is 5.10 Å². The maximum Gasteiger partial charge on any atom is 0.142 e. The lowest BCUT2D eigenvalue weighted by Gasteiger charge is -2.16. The Kier molecular flexibility index (Phi) is 3.03. The molecule has 0 N–H and O–H groups in total. The van der Waals surface area contributed by atoms with Gasteiger partial charge < -0.3 is 0 Å². The molecule has 1 aromatic rings. The Morgan fingerprint density at radius 3 is 2.20 bits per heavy atom. The van der Waals surface area contributed by atoms with E-state index in [1.165, 1.54) is 0 Å². The maximum atomic E-state index is 11.9. The Hall–Kier alpha value is -1.12. The normalized spacial score (nSPS) is 11.9. The van der Waals surface area contributed by atoms with E-state index in [0.717, 1.165) is 17.0 Å². The molecule has 1 rings (SSSR count). The predicted molar refractivity (Wildman–Crippen MR) is 60.8 cm³/mol. The molecule has 0 aliphatic rings. The molecule has 1 aromatic heterocycles. The fourth-order valence-electron chi connectivity index (χ4n) is 1.50. The molecule has 15 heavy (non-hydrogen) atoms. The third-order valence-electron chi connectivity index (χ3n) is 2.83. The van der Waals surface area contributed by atoms with Crippen LogP contribution < -0.4 is 0 Å². The first-order valence-corrected chi connectivity index (χ1v) is 5.26. The monoisotopic (exact) mass is 208 g/mol. The molecule has 1 heterocycles. The molecule has 84 valence electrons. The van der Waals surface area contributed by atoms with Gasteiger partial charge in [0.15, 0.2) is 0 Å². The van der Waals surface area contributed by atoms with Crippen molar-refractivity contribution in [1.29, 1.82) is 0 Å². The van der Waals surface area contributed by atoms with Crippen molar-refractivity contribution in [2.24, 2.45) is 12.5 Å². The van der Waals surface area contributed by atoms with Crippen molar-refractivity contribution in [1.82, 2.24) is 9.78 Å². The molecule has 0 bridgehead atoms. The van der Waals surface area contributed by atoms with Crippen LogP contribution in [0.3, 0.4) is 0 Å². The third kappa shape index (κ3) is 2.46. The molecule has 0 unspecified atom stereocenters. The van der Waals surface area contributed by atoms with Crippen molar-refractivity contribution in [2.75, 3.05) is 0 Å². The number of nitrogens with zero attached hydrogens (tertiary/aromatic N) is 2. The Morgan fingerprint density at radius 1 is 1.33 bits per heavy atom. The predicted octanol–water partition coefficient (Wildman–Crippen LogP) is 2.19. The molecule has 0 fully saturated rings. The Morgan fingerprint density at radius 2 is 1.87 bits per heavy atom. The van der Waals surface area contributed by atoms with Gasteiger partial charge in [0.05, 0.1) is 5.69 Å². The number of ketones is 1. The van der Waals surface area contributed by atoms with Gasteiger partial charge in [0.2, 0.25) is 0 Å². The number of rotatable bonds is 2. The van der Waals surface area contributed by atoms with Gasteiger partial charge in [-0.15, -0.1) is 0 Å². The Labute approximate surface area is 91.5 Å². The van der Waals surface area contributed by atoms with E-state index in [4.69, 9.17) is 0 Å². The number of hydrogen-bond donors (Lipinski definition) is 0. The first-order chi connectivity index (χ1) is 6.73. The van der Waals surface area contributed by atoms with Crippen LogP contribution in [0.4, 0.5) is 0 Å². The zero-order valence-corrected chi connectivity index (χ0v) is 10.5. The van der Waals surface area contributed by atoms with Gasteiger partial charge in [-0.05, 0) is 13.8 Å². The Bertz CT molecular complexity index is 383. The summed E-state index contributed by atoms with van der Waals surface area (Å²) in [5.41, 5.74) is 2.87. The highest BCUT2D eigenvalue weighted by molar-refractivity contribution is 5.86. The van der Waals surface area contributed by atoms with Gasteiger partial charge in [-0.3, -0.25) is 9.48 Å². The molecule has 0 saturated carbocycles. The molecule has 0 spiro atoms. The number of carbonyl (C=O) groups is 1. The summed E-state index contributed by atoms with van der Waals surface area (Å²) in [4.78, 5) is 11.9. The minimum atomic E-state index is -0.269. The largest absolute Gasteiger partial charge is 0.299 e. The second kappa shape index (κ2) is 3.80. The van der Waals surface area contributed by atoms with Gasteiger partial charge in [-0.1, -0.05) is 20.8 Å². The summed E-state index contributed by atoms with van der Waals surface area (Å²) in [6.07, 6.45) is 0.495. The summed E-state index contributed by atoms with van der Waals surface area (Å²) in [5, 5.41) is 4.31. The molecular formula is C12H20N2O. The number of aryl methyl sites for hydroxylation is 2. The van der Waals surface area contributed by atoms with E-state index in [1.807, 2.05) is 46.3 Å². The van der Waals surface area contributed by atoms with E-state index in [9.17, 15) is 4.79 Å². The summed E-state index contributed by atoms with van der Waals surface area (Å²) < 4.78 is 1.83. The smallest absolute Gasteiger partial charge is 0.142 e. The van der Waals surface area contributed by atoms with E-state index in [2.05, 4.69) is 5.10 Å². The minimum absolute atomic E-state index is 0.265. The molecule has 0 saturated heterocycles. The molecule has 0 aromatic carbocycles. The molecule has 3 heteroatoms. The zero-order chi connectivity index (χ0) is 11.8. The molecule has 0 aliphatic heterocycles. The summed E-state index contributed by atoms with van der Waals surface area (Å²) in [7, 11) is 1.91. The number of hydrogen-bond acceptors (Lipinski definition) is 2. The van der Waals surface area contributed by atoms with Crippen LogP contribution in [0, 0.1) is 19.3 Å². The molecular weight excluding hydrogens is 188 g/mol. The second-order valence-corrected chi connectivity index (χ2v) is 5.12. The van der Waals surface area contributed by atoms with Crippen LogP contribution in [0.25, 0.3) is 0 Å². The summed E-state index contributed by atoms with van der Waals surface area (Å²) in [5.74, 6) is 0.265. The van der Waals surface area contributed by atoms with Crippen molar-refractivity contribution in [3.63, 3.8) is 0 Å². The summed E-state index contributed by atoms with van der Waals surface area (Å²) >= 11 is 0. The van der Waals surface area contributed by atoms with Crippen LogP contribution in [-0.4, -0.2) is 15.6 Å². The number of aromatic nitrogens is 2. The van der Waals surface area contributed by atoms with Crippen LogP contribution in [0.15, 0.2) is 0 Å². The van der Waals surface area contributed by atoms with E-state index >= 15 is 0 Å². The minimum Gasteiger partial charge on any atom is -0.299 e. The van der Waals surface area contributed by atoms with Gasteiger partial charge in [0, 0.05) is 30.1 Å². The van der Waals surface area contributed by atoms with Crippen molar-refractivity contribution in [2.45, 2.75) is 41.0 Å². The van der Waals surface area contributed by atoms with Gasteiger partial charge in [-0.25, -0.2) is 0 Å². The summed E-state index contributed by atoms with van der Waals surface area (Å²) in [6, 6.07) is 0. The standard InChI is InChI=1S/C12H20N2O/c1-8-10(9(2)14(6)13-8)7-11(15)12(3,4)5/h7H2,1-6H3. The van der Waals surface area contributed by atoms with E-state index in [-0.39, 0.29) is 11.2 Å². The highest BCUT2D eigenvalue weighted by Gasteiger charge is 2.23. The van der Waals surface area contributed by atoms with Crippen LogP contribution in [0.2, 0.25) is 0 Å². The van der Waals surface area contributed by atoms with E-state index in [1.54, 1.807) is 0 Å². The topological polar surface area (TPSA) is 34.9 Å². The van der Waals surface area contributed by atoms with Crippen molar-refractivity contribution < 1.29 is 4.79 Å². The first kappa shape index (κ1) is 12.0. The van der Waals surface area contributed by atoms with Gasteiger partial charge in [0.1, 0.15) is 5.78 Å².